The van der Waals surface area contributed by atoms with E-state index in [1.165, 1.54) is 0 Å². The number of rotatable bonds is 2. The smallest absolute Gasteiger partial charge is 0.225 e. The minimum absolute atomic E-state index is 0.228. The van der Waals surface area contributed by atoms with Crippen LogP contribution in [-0.2, 0) is 4.79 Å². The van der Waals surface area contributed by atoms with Crippen LogP contribution in [-0.4, -0.2) is 55.0 Å². The molecule has 2 aliphatic rings. The number of piperidine rings is 1. The van der Waals surface area contributed by atoms with Crippen LogP contribution in [0.1, 0.15) is 39.0 Å². The van der Waals surface area contributed by atoms with Gasteiger partial charge < -0.3 is 15.5 Å². The summed E-state index contributed by atoms with van der Waals surface area (Å²) < 4.78 is 0. The number of carbonyl (C=O) groups excluding carboxylic acids is 1. The lowest BCUT2D eigenvalue weighted by Crippen LogP contribution is -2.48. The first-order valence-corrected chi connectivity index (χ1v) is 7.69. The molecule has 4 heteroatoms. The molecule has 0 bridgehead atoms. The van der Waals surface area contributed by atoms with E-state index in [2.05, 4.69) is 30.8 Å². The topological polar surface area (TPSA) is 49.6 Å². The van der Waals surface area contributed by atoms with Crippen molar-refractivity contribution in [1.82, 2.24) is 9.80 Å². The zero-order valence-corrected chi connectivity index (χ0v) is 12.6. The fourth-order valence-electron chi connectivity index (χ4n) is 3.50. The third-order valence-corrected chi connectivity index (χ3v) is 5.09. The lowest BCUT2D eigenvalue weighted by atomic mass is 9.78. The molecule has 1 saturated carbocycles. The normalized spacial score (nSPS) is 33.7. The number of nitrogens with two attached hydrogens (primary N) is 1. The van der Waals surface area contributed by atoms with Crippen LogP contribution in [0.2, 0.25) is 0 Å². The third kappa shape index (κ3) is 3.48. The summed E-state index contributed by atoms with van der Waals surface area (Å²) in [5.74, 6) is 1.10. The van der Waals surface area contributed by atoms with E-state index in [9.17, 15) is 4.79 Å². The van der Waals surface area contributed by atoms with Crippen LogP contribution in [0.3, 0.4) is 0 Å². The first-order valence-electron chi connectivity index (χ1n) is 7.69. The Kier molecular flexibility index (Phi) is 4.85. The summed E-state index contributed by atoms with van der Waals surface area (Å²) in [6, 6.07) is 0.936. The Morgan fingerprint density at radius 3 is 2.32 bits per heavy atom. The predicted molar refractivity (Wildman–Crippen MR) is 77.8 cm³/mol. The lowest BCUT2D eigenvalue weighted by Gasteiger charge is -2.39. The highest BCUT2D eigenvalue weighted by Gasteiger charge is 2.33. The van der Waals surface area contributed by atoms with E-state index >= 15 is 0 Å². The molecule has 4 nitrogen and oxygen atoms in total. The SMILES string of the molecule is CC1CC(C(=O)N2CCC(N(C)C)CC2)CCC1N. The highest BCUT2D eigenvalue weighted by Crippen LogP contribution is 2.30. The third-order valence-electron chi connectivity index (χ3n) is 5.09. The van der Waals surface area contributed by atoms with Crippen molar-refractivity contribution >= 4 is 5.91 Å². The molecule has 0 spiro atoms. The first-order chi connectivity index (χ1) is 8.99. The number of hydrogen-bond acceptors (Lipinski definition) is 3. The van der Waals surface area contributed by atoms with E-state index in [0.29, 0.717) is 23.9 Å². The molecular weight excluding hydrogens is 238 g/mol. The summed E-state index contributed by atoms with van der Waals surface area (Å²) in [6.07, 6.45) is 5.19. The van der Waals surface area contributed by atoms with Crippen molar-refractivity contribution in [3.05, 3.63) is 0 Å². The van der Waals surface area contributed by atoms with Crippen molar-refractivity contribution in [3.8, 4) is 0 Å². The van der Waals surface area contributed by atoms with Crippen LogP contribution in [0.4, 0.5) is 0 Å². The van der Waals surface area contributed by atoms with E-state index in [-0.39, 0.29) is 5.92 Å². The second-order valence-electron chi connectivity index (χ2n) is 6.67. The zero-order valence-electron chi connectivity index (χ0n) is 12.6. The van der Waals surface area contributed by atoms with Crippen LogP contribution in [0.25, 0.3) is 0 Å². The maximum Gasteiger partial charge on any atom is 0.225 e. The fraction of sp³-hybridized carbons (Fsp3) is 0.933. The molecule has 1 heterocycles. The van der Waals surface area contributed by atoms with Crippen molar-refractivity contribution in [2.75, 3.05) is 27.2 Å². The van der Waals surface area contributed by atoms with Gasteiger partial charge in [-0.1, -0.05) is 6.92 Å². The van der Waals surface area contributed by atoms with Crippen LogP contribution < -0.4 is 5.73 Å². The summed E-state index contributed by atoms with van der Waals surface area (Å²) in [6.45, 7) is 4.04. The van der Waals surface area contributed by atoms with Crippen LogP contribution in [0.5, 0.6) is 0 Å². The molecule has 3 unspecified atom stereocenters. The van der Waals surface area contributed by atoms with Gasteiger partial charge in [-0.2, -0.15) is 0 Å². The summed E-state index contributed by atoms with van der Waals surface area (Å²) in [5.41, 5.74) is 6.04. The maximum absolute atomic E-state index is 12.6. The molecular formula is C15H29N3O. The van der Waals surface area contributed by atoms with Crippen molar-refractivity contribution in [2.24, 2.45) is 17.6 Å². The molecule has 3 atom stereocenters. The number of carbonyl (C=O) groups is 1. The molecule has 19 heavy (non-hydrogen) atoms. The molecule has 2 rings (SSSR count). The van der Waals surface area contributed by atoms with Gasteiger partial charge in [-0.3, -0.25) is 4.79 Å². The summed E-state index contributed by atoms with van der Waals surface area (Å²) in [7, 11) is 4.26. The number of nitrogens with zero attached hydrogens (tertiary/aromatic N) is 2. The van der Waals surface area contributed by atoms with Gasteiger partial charge in [-0.05, 0) is 52.1 Å². The Morgan fingerprint density at radius 2 is 1.79 bits per heavy atom. The van der Waals surface area contributed by atoms with Crippen LogP contribution in [0, 0.1) is 11.8 Å². The molecule has 0 aromatic rings. The van der Waals surface area contributed by atoms with E-state index in [1.807, 2.05) is 0 Å². The van der Waals surface area contributed by atoms with Gasteiger partial charge in [-0.15, -0.1) is 0 Å². The molecule has 1 aliphatic heterocycles. The van der Waals surface area contributed by atoms with Gasteiger partial charge in [-0.25, -0.2) is 0 Å². The average Bonchev–Trinajstić information content (AvgIpc) is 2.41. The minimum atomic E-state index is 0.228. The van der Waals surface area contributed by atoms with E-state index in [0.717, 1.165) is 45.2 Å². The van der Waals surface area contributed by atoms with E-state index in [4.69, 9.17) is 5.73 Å². The number of amides is 1. The number of likely N-dealkylation sites (tertiary alicyclic amines) is 1. The largest absolute Gasteiger partial charge is 0.342 e. The van der Waals surface area contributed by atoms with Gasteiger partial charge in [0.2, 0.25) is 5.91 Å². The number of hydrogen-bond donors (Lipinski definition) is 1. The van der Waals surface area contributed by atoms with Crippen LogP contribution in [0.15, 0.2) is 0 Å². The molecule has 0 radical (unpaired) electrons. The molecule has 1 saturated heterocycles. The zero-order chi connectivity index (χ0) is 14.0. The van der Waals surface area contributed by atoms with Crippen molar-refractivity contribution in [1.29, 1.82) is 0 Å². The Bertz CT molecular complexity index is 311. The predicted octanol–water partition coefficient (Wildman–Crippen LogP) is 1.30. The monoisotopic (exact) mass is 267 g/mol. The van der Waals surface area contributed by atoms with Crippen molar-refractivity contribution < 1.29 is 4.79 Å². The molecule has 0 aromatic heterocycles. The van der Waals surface area contributed by atoms with Crippen molar-refractivity contribution in [2.45, 2.75) is 51.1 Å². The van der Waals surface area contributed by atoms with Gasteiger partial charge in [0.15, 0.2) is 0 Å². The van der Waals surface area contributed by atoms with Gasteiger partial charge in [0.05, 0.1) is 0 Å². The first kappa shape index (κ1) is 14.8. The van der Waals surface area contributed by atoms with Crippen LogP contribution >= 0.6 is 0 Å². The Hall–Kier alpha value is -0.610. The molecule has 110 valence electrons. The van der Waals surface area contributed by atoms with Gasteiger partial charge in [0, 0.05) is 31.1 Å². The Labute approximate surface area is 117 Å². The maximum atomic E-state index is 12.6. The molecule has 1 aliphatic carbocycles. The molecule has 2 N–H and O–H groups in total. The van der Waals surface area contributed by atoms with Gasteiger partial charge >= 0.3 is 0 Å². The lowest BCUT2D eigenvalue weighted by molar-refractivity contribution is -0.138. The average molecular weight is 267 g/mol. The molecule has 1 amide bonds. The highest BCUT2D eigenvalue weighted by atomic mass is 16.2. The fourth-order valence-corrected chi connectivity index (χ4v) is 3.50. The van der Waals surface area contributed by atoms with Crippen molar-refractivity contribution in [3.63, 3.8) is 0 Å². The summed E-state index contributed by atoms with van der Waals surface area (Å²) in [5, 5.41) is 0. The standard InChI is InChI=1S/C15H29N3O/c1-11-10-12(4-5-14(11)16)15(19)18-8-6-13(7-9-18)17(2)3/h11-14H,4-10,16H2,1-3H3. The Morgan fingerprint density at radius 1 is 1.16 bits per heavy atom. The molecule has 2 fully saturated rings. The second kappa shape index (κ2) is 6.23. The van der Waals surface area contributed by atoms with Gasteiger partial charge in [0.1, 0.15) is 0 Å². The van der Waals surface area contributed by atoms with Gasteiger partial charge in [0.25, 0.3) is 0 Å². The highest BCUT2D eigenvalue weighted by molar-refractivity contribution is 5.79. The quantitative estimate of drug-likeness (QED) is 0.820. The summed E-state index contributed by atoms with van der Waals surface area (Å²) in [4.78, 5) is 16.9. The minimum Gasteiger partial charge on any atom is -0.342 e. The Balaban J connectivity index is 1.84. The van der Waals surface area contributed by atoms with E-state index in [1.54, 1.807) is 0 Å². The summed E-state index contributed by atoms with van der Waals surface area (Å²) >= 11 is 0. The second-order valence-corrected chi connectivity index (χ2v) is 6.67. The molecule has 0 aromatic carbocycles. The van der Waals surface area contributed by atoms with E-state index < -0.39 is 0 Å².